The molecular weight excluding hydrogens is 236 g/mol. The normalized spacial score (nSPS) is 10.8. The average molecular weight is 248 g/mol. The van der Waals surface area contributed by atoms with Crippen molar-refractivity contribution in [3.63, 3.8) is 0 Å². The van der Waals surface area contributed by atoms with E-state index in [9.17, 15) is 5.11 Å². The SMILES string of the molecule is OC(c1ccc(S)cc1)c1ccc(S)cc1. The fourth-order valence-electron chi connectivity index (χ4n) is 1.51. The lowest BCUT2D eigenvalue weighted by molar-refractivity contribution is 0.220. The Kier molecular flexibility index (Phi) is 3.59. The molecule has 0 fully saturated rings. The van der Waals surface area contributed by atoms with Gasteiger partial charge in [0, 0.05) is 9.79 Å². The van der Waals surface area contributed by atoms with E-state index in [1.165, 1.54) is 0 Å². The second kappa shape index (κ2) is 4.95. The molecule has 0 unspecified atom stereocenters. The summed E-state index contributed by atoms with van der Waals surface area (Å²) in [5, 5.41) is 10.1. The highest BCUT2D eigenvalue weighted by Gasteiger charge is 2.09. The van der Waals surface area contributed by atoms with E-state index in [4.69, 9.17) is 0 Å². The smallest absolute Gasteiger partial charge is 0.104 e. The predicted octanol–water partition coefficient (Wildman–Crippen LogP) is 3.35. The Morgan fingerprint density at radius 3 is 1.31 bits per heavy atom. The van der Waals surface area contributed by atoms with Crippen LogP contribution in [0, 0.1) is 0 Å². The predicted molar refractivity (Wildman–Crippen MR) is 71.4 cm³/mol. The first-order chi connectivity index (χ1) is 7.66. The van der Waals surface area contributed by atoms with Crippen molar-refractivity contribution in [3.8, 4) is 0 Å². The zero-order valence-corrected chi connectivity index (χ0v) is 10.3. The molecule has 0 aliphatic rings. The van der Waals surface area contributed by atoms with Gasteiger partial charge in [-0.25, -0.2) is 0 Å². The Hall–Kier alpha value is -0.900. The zero-order valence-electron chi connectivity index (χ0n) is 8.54. The zero-order chi connectivity index (χ0) is 11.5. The molecule has 0 saturated carbocycles. The van der Waals surface area contributed by atoms with E-state index in [2.05, 4.69) is 25.3 Å². The highest BCUT2D eigenvalue weighted by atomic mass is 32.1. The van der Waals surface area contributed by atoms with Crippen LogP contribution in [0.2, 0.25) is 0 Å². The van der Waals surface area contributed by atoms with E-state index in [-0.39, 0.29) is 0 Å². The van der Waals surface area contributed by atoms with Crippen molar-refractivity contribution < 1.29 is 5.11 Å². The minimum absolute atomic E-state index is 0.595. The first-order valence-electron chi connectivity index (χ1n) is 4.93. The van der Waals surface area contributed by atoms with Crippen LogP contribution in [0.1, 0.15) is 17.2 Å². The molecule has 0 radical (unpaired) electrons. The van der Waals surface area contributed by atoms with E-state index in [0.717, 1.165) is 20.9 Å². The summed E-state index contributed by atoms with van der Waals surface area (Å²) in [4.78, 5) is 1.78. The van der Waals surface area contributed by atoms with Gasteiger partial charge in [-0.3, -0.25) is 0 Å². The minimum atomic E-state index is -0.595. The minimum Gasteiger partial charge on any atom is -0.384 e. The van der Waals surface area contributed by atoms with Gasteiger partial charge in [-0.15, -0.1) is 25.3 Å². The van der Waals surface area contributed by atoms with E-state index >= 15 is 0 Å². The third-order valence-electron chi connectivity index (χ3n) is 2.42. The molecule has 2 rings (SSSR count). The summed E-state index contributed by atoms with van der Waals surface area (Å²) in [6.45, 7) is 0. The third kappa shape index (κ3) is 2.61. The van der Waals surface area contributed by atoms with Crippen LogP contribution >= 0.6 is 25.3 Å². The van der Waals surface area contributed by atoms with Crippen LogP contribution in [-0.2, 0) is 0 Å². The maximum atomic E-state index is 10.1. The standard InChI is InChI=1S/C13H12OS2/c14-13(9-1-5-11(15)6-2-9)10-3-7-12(16)8-4-10/h1-8,13-16H. The van der Waals surface area contributed by atoms with E-state index < -0.39 is 6.10 Å². The first kappa shape index (κ1) is 11.6. The maximum absolute atomic E-state index is 10.1. The molecule has 2 aromatic rings. The van der Waals surface area contributed by atoms with Crippen molar-refractivity contribution in [1.29, 1.82) is 0 Å². The molecule has 0 aliphatic heterocycles. The molecule has 0 amide bonds. The Labute approximate surface area is 106 Å². The molecule has 16 heavy (non-hydrogen) atoms. The Balaban J connectivity index is 2.28. The van der Waals surface area contributed by atoms with Crippen molar-refractivity contribution in [2.24, 2.45) is 0 Å². The molecular formula is C13H12OS2. The molecule has 3 heteroatoms. The highest BCUT2D eigenvalue weighted by molar-refractivity contribution is 7.80. The fraction of sp³-hybridized carbons (Fsp3) is 0.0769. The molecule has 1 N–H and O–H groups in total. The van der Waals surface area contributed by atoms with Crippen molar-refractivity contribution in [2.45, 2.75) is 15.9 Å². The van der Waals surface area contributed by atoms with Gasteiger partial charge in [0.25, 0.3) is 0 Å². The van der Waals surface area contributed by atoms with Gasteiger partial charge in [0.1, 0.15) is 6.10 Å². The van der Waals surface area contributed by atoms with Gasteiger partial charge in [0.05, 0.1) is 0 Å². The van der Waals surface area contributed by atoms with Crippen LogP contribution in [0.4, 0.5) is 0 Å². The maximum Gasteiger partial charge on any atom is 0.104 e. The fourth-order valence-corrected chi connectivity index (χ4v) is 1.80. The average Bonchev–Trinajstić information content (AvgIpc) is 2.30. The molecule has 0 heterocycles. The molecule has 0 bridgehead atoms. The second-order valence-electron chi connectivity index (χ2n) is 3.59. The number of aliphatic hydroxyl groups is 1. The Morgan fingerprint density at radius 1 is 0.688 bits per heavy atom. The van der Waals surface area contributed by atoms with Crippen LogP contribution in [-0.4, -0.2) is 5.11 Å². The third-order valence-corrected chi connectivity index (χ3v) is 3.01. The molecule has 0 aliphatic carbocycles. The number of aliphatic hydroxyl groups excluding tert-OH is 1. The lowest BCUT2D eigenvalue weighted by atomic mass is 10.0. The van der Waals surface area contributed by atoms with Crippen molar-refractivity contribution >= 4 is 25.3 Å². The summed E-state index contributed by atoms with van der Waals surface area (Å²) in [6.07, 6.45) is -0.595. The molecule has 0 aromatic heterocycles. The largest absolute Gasteiger partial charge is 0.384 e. The summed E-state index contributed by atoms with van der Waals surface area (Å²) in [6, 6.07) is 15.0. The highest BCUT2D eigenvalue weighted by Crippen LogP contribution is 2.23. The van der Waals surface area contributed by atoms with Crippen molar-refractivity contribution in [2.75, 3.05) is 0 Å². The Bertz CT molecular complexity index is 417. The molecule has 2 aromatic carbocycles. The number of rotatable bonds is 2. The molecule has 82 valence electrons. The summed E-state index contributed by atoms with van der Waals surface area (Å²) < 4.78 is 0. The molecule has 0 saturated heterocycles. The van der Waals surface area contributed by atoms with Gasteiger partial charge in [0.2, 0.25) is 0 Å². The van der Waals surface area contributed by atoms with Crippen molar-refractivity contribution in [3.05, 3.63) is 59.7 Å². The van der Waals surface area contributed by atoms with Gasteiger partial charge in [-0.05, 0) is 35.4 Å². The number of benzene rings is 2. The van der Waals surface area contributed by atoms with Gasteiger partial charge in [-0.2, -0.15) is 0 Å². The first-order valence-corrected chi connectivity index (χ1v) is 5.82. The van der Waals surface area contributed by atoms with E-state index in [1.807, 2.05) is 48.5 Å². The van der Waals surface area contributed by atoms with Gasteiger partial charge in [-0.1, -0.05) is 24.3 Å². The summed E-state index contributed by atoms with van der Waals surface area (Å²) in [5.74, 6) is 0. The summed E-state index contributed by atoms with van der Waals surface area (Å²) in [7, 11) is 0. The summed E-state index contributed by atoms with van der Waals surface area (Å²) in [5.41, 5.74) is 1.73. The number of hydrogen-bond donors (Lipinski definition) is 3. The van der Waals surface area contributed by atoms with Crippen LogP contribution in [0.5, 0.6) is 0 Å². The van der Waals surface area contributed by atoms with Crippen LogP contribution in [0.25, 0.3) is 0 Å². The van der Waals surface area contributed by atoms with Crippen LogP contribution in [0.15, 0.2) is 58.3 Å². The summed E-state index contributed by atoms with van der Waals surface area (Å²) >= 11 is 8.42. The molecule has 0 spiro atoms. The topological polar surface area (TPSA) is 20.2 Å². The Morgan fingerprint density at radius 2 is 1.00 bits per heavy atom. The lowest BCUT2D eigenvalue weighted by Gasteiger charge is -2.11. The van der Waals surface area contributed by atoms with Crippen LogP contribution in [0.3, 0.4) is 0 Å². The quantitative estimate of drug-likeness (QED) is 0.696. The van der Waals surface area contributed by atoms with Gasteiger partial charge >= 0.3 is 0 Å². The van der Waals surface area contributed by atoms with Crippen molar-refractivity contribution in [1.82, 2.24) is 0 Å². The van der Waals surface area contributed by atoms with E-state index in [1.54, 1.807) is 0 Å². The van der Waals surface area contributed by atoms with Crippen LogP contribution < -0.4 is 0 Å². The van der Waals surface area contributed by atoms with E-state index in [0.29, 0.717) is 0 Å². The number of hydrogen-bond acceptors (Lipinski definition) is 3. The molecule has 0 atom stereocenters. The molecule has 1 nitrogen and oxygen atoms in total. The number of thiol groups is 2. The lowest BCUT2D eigenvalue weighted by Crippen LogP contribution is -1.98. The van der Waals surface area contributed by atoms with Gasteiger partial charge in [0.15, 0.2) is 0 Å². The van der Waals surface area contributed by atoms with Gasteiger partial charge < -0.3 is 5.11 Å². The monoisotopic (exact) mass is 248 g/mol. The second-order valence-corrected chi connectivity index (χ2v) is 4.62.